The minimum absolute atomic E-state index is 0.0130. The third kappa shape index (κ3) is 5.87. The van der Waals surface area contributed by atoms with Gasteiger partial charge in [0.05, 0.1) is 7.11 Å². The van der Waals surface area contributed by atoms with Crippen LogP contribution in [0.3, 0.4) is 0 Å². The van der Waals surface area contributed by atoms with Crippen molar-refractivity contribution < 1.29 is 14.3 Å². The fraction of sp³-hybridized carbons (Fsp3) is 0.579. The van der Waals surface area contributed by atoms with Gasteiger partial charge in [0.25, 0.3) is 0 Å². The molecule has 0 aromatic heterocycles. The highest BCUT2D eigenvalue weighted by molar-refractivity contribution is 5.87. The van der Waals surface area contributed by atoms with Gasteiger partial charge in [-0.1, -0.05) is 26.0 Å². The number of carbonyl (C=O) groups excluding carboxylic acids is 2. The Labute approximate surface area is 145 Å². The lowest BCUT2D eigenvalue weighted by molar-refractivity contribution is -0.141. The zero-order valence-electron chi connectivity index (χ0n) is 15.5. The molecule has 0 heterocycles. The van der Waals surface area contributed by atoms with Gasteiger partial charge in [-0.05, 0) is 44.4 Å². The number of rotatable bonds is 9. The Morgan fingerprint density at radius 3 is 2.25 bits per heavy atom. The number of carbonyl (C=O) groups is 2. The van der Waals surface area contributed by atoms with Crippen LogP contribution in [0, 0.1) is 0 Å². The molecule has 0 saturated heterocycles. The molecule has 1 rings (SSSR count). The summed E-state index contributed by atoms with van der Waals surface area (Å²) in [6.07, 6.45) is 1.80. The van der Waals surface area contributed by atoms with Crippen LogP contribution in [0.15, 0.2) is 24.3 Å². The van der Waals surface area contributed by atoms with E-state index in [2.05, 4.69) is 5.32 Å². The van der Waals surface area contributed by atoms with E-state index in [1.807, 2.05) is 52.0 Å². The smallest absolute Gasteiger partial charge is 0.243 e. The SMILES string of the molecule is CCCC(=O)N(Cc1ccc(OC)cc1)C(CC)C(=O)NC(C)C. The van der Waals surface area contributed by atoms with E-state index in [0.717, 1.165) is 17.7 Å². The number of ether oxygens (including phenoxy) is 1. The second-order valence-electron chi connectivity index (χ2n) is 6.21. The molecule has 0 spiro atoms. The molecule has 0 fully saturated rings. The molecule has 0 aliphatic rings. The number of hydrogen-bond donors (Lipinski definition) is 1. The van der Waals surface area contributed by atoms with Gasteiger partial charge in [-0.25, -0.2) is 0 Å². The summed E-state index contributed by atoms with van der Waals surface area (Å²) in [6, 6.07) is 7.19. The summed E-state index contributed by atoms with van der Waals surface area (Å²) in [6.45, 7) is 8.18. The zero-order valence-corrected chi connectivity index (χ0v) is 15.5. The standard InChI is InChI=1S/C19H30N2O3/c1-6-8-18(22)21(17(7-2)19(23)20-14(3)4)13-15-9-11-16(24-5)12-10-15/h9-12,14,17H,6-8,13H2,1-5H3,(H,20,23). The molecule has 24 heavy (non-hydrogen) atoms. The molecule has 0 radical (unpaired) electrons. The van der Waals surface area contributed by atoms with Crippen LogP contribution in [0.5, 0.6) is 5.75 Å². The molecule has 1 atom stereocenters. The van der Waals surface area contributed by atoms with Crippen LogP contribution in [0.25, 0.3) is 0 Å². The van der Waals surface area contributed by atoms with Crippen molar-refractivity contribution in [2.24, 2.45) is 0 Å². The molecule has 1 aromatic carbocycles. The summed E-state index contributed by atoms with van der Waals surface area (Å²) in [5.74, 6) is 0.694. The summed E-state index contributed by atoms with van der Waals surface area (Å²) in [5, 5.41) is 2.92. The largest absolute Gasteiger partial charge is 0.497 e. The Hall–Kier alpha value is -2.04. The van der Waals surface area contributed by atoms with Gasteiger partial charge in [0.15, 0.2) is 0 Å². The van der Waals surface area contributed by atoms with Crippen LogP contribution in [-0.2, 0) is 16.1 Å². The van der Waals surface area contributed by atoms with Crippen molar-refractivity contribution >= 4 is 11.8 Å². The van der Waals surface area contributed by atoms with Crippen molar-refractivity contribution in [1.29, 1.82) is 0 Å². The van der Waals surface area contributed by atoms with Crippen molar-refractivity contribution in [3.8, 4) is 5.75 Å². The maximum Gasteiger partial charge on any atom is 0.243 e. The predicted octanol–water partition coefficient (Wildman–Crippen LogP) is 3.13. The fourth-order valence-corrected chi connectivity index (χ4v) is 2.59. The first-order chi connectivity index (χ1) is 11.4. The molecule has 0 bridgehead atoms. The third-order valence-corrected chi connectivity index (χ3v) is 3.79. The summed E-state index contributed by atoms with van der Waals surface area (Å²) >= 11 is 0. The average molecular weight is 334 g/mol. The summed E-state index contributed by atoms with van der Waals surface area (Å²) in [5.41, 5.74) is 0.982. The van der Waals surface area contributed by atoms with Crippen LogP contribution in [0.1, 0.15) is 52.5 Å². The topological polar surface area (TPSA) is 58.6 Å². The van der Waals surface area contributed by atoms with E-state index in [0.29, 0.717) is 19.4 Å². The first-order valence-corrected chi connectivity index (χ1v) is 8.65. The lowest BCUT2D eigenvalue weighted by atomic mass is 10.1. The first kappa shape index (κ1) is 20.0. The van der Waals surface area contributed by atoms with Gasteiger partial charge in [0.2, 0.25) is 11.8 Å². The maximum absolute atomic E-state index is 12.6. The second kappa shape index (κ2) is 9.96. The number of amides is 2. The van der Waals surface area contributed by atoms with Gasteiger partial charge in [0, 0.05) is 19.0 Å². The highest BCUT2D eigenvalue weighted by Crippen LogP contribution is 2.17. The van der Waals surface area contributed by atoms with Crippen molar-refractivity contribution in [3.63, 3.8) is 0 Å². The van der Waals surface area contributed by atoms with Crippen molar-refractivity contribution in [2.45, 2.75) is 65.6 Å². The molecule has 1 aromatic rings. The Morgan fingerprint density at radius 1 is 1.17 bits per heavy atom. The molecule has 0 aliphatic carbocycles. The molecule has 5 heteroatoms. The van der Waals surface area contributed by atoms with Crippen molar-refractivity contribution in [2.75, 3.05) is 7.11 Å². The molecule has 134 valence electrons. The number of hydrogen-bond acceptors (Lipinski definition) is 3. The Balaban J connectivity index is 2.99. The second-order valence-corrected chi connectivity index (χ2v) is 6.21. The average Bonchev–Trinajstić information content (AvgIpc) is 2.54. The van der Waals surface area contributed by atoms with E-state index in [4.69, 9.17) is 4.74 Å². The zero-order chi connectivity index (χ0) is 18.1. The third-order valence-electron chi connectivity index (χ3n) is 3.79. The van der Waals surface area contributed by atoms with Crippen LogP contribution >= 0.6 is 0 Å². The molecule has 1 N–H and O–H groups in total. The molecule has 5 nitrogen and oxygen atoms in total. The van der Waals surface area contributed by atoms with Gasteiger partial charge in [-0.3, -0.25) is 9.59 Å². The number of benzene rings is 1. The maximum atomic E-state index is 12.6. The lowest BCUT2D eigenvalue weighted by Crippen LogP contribution is -2.50. The number of nitrogens with one attached hydrogen (secondary N) is 1. The van der Waals surface area contributed by atoms with Crippen molar-refractivity contribution in [1.82, 2.24) is 10.2 Å². The van der Waals surface area contributed by atoms with Crippen LogP contribution < -0.4 is 10.1 Å². The highest BCUT2D eigenvalue weighted by Gasteiger charge is 2.28. The van der Waals surface area contributed by atoms with E-state index in [-0.39, 0.29) is 17.9 Å². The molecular weight excluding hydrogens is 304 g/mol. The summed E-state index contributed by atoms with van der Waals surface area (Å²) in [4.78, 5) is 26.8. The quantitative estimate of drug-likeness (QED) is 0.755. The van der Waals surface area contributed by atoms with E-state index in [9.17, 15) is 9.59 Å². The monoisotopic (exact) mass is 334 g/mol. The predicted molar refractivity (Wildman–Crippen MR) is 95.8 cm³/mol. The Morgan fingerprint density at radius 2 is 1.79 bits per heavy atom. The molecule has 0 saturated carbocycles. The fourth-order valence-electron chi connectivity index (χ4n) is 2.59. The molecule has 1 unspecified atom stereocenters. The van der Waals surface area contributed by atoms with Gasteiger partial charge in [0.1, 0.15) is 11.8 Å². The Bertz CT molecular complexity index is 526. The summed E-state index contributed by atoms with van der Waals surface area (Å²) < 4.78 is 5.17. The summed E-state index contributed by atoms with van der Waals surface area (Å²) in [7, 11) is 1.62. The minimum Gasteiger partial charge on any atom is -0.497 e. The lowest BCUT2D eigenvalue weighted by Gasteiger charge is -2.31. The van der Waals surface area contributed by atoms with E-state index < -0.39 is 6.04 Å². The van der Waals surface area contributed by atoms with Crippen LogP contribution in [0.4, 0.5) is 0 Å². The van der Waals surface area contributed by atoms with Gasteiger partial charge in [-0.2, -0.15) is 0 Å². The van der Waals surface area contributed by atoms with E-state index in [1.54, 1.807) is 12.0 Å². The van der Waals surface area contributed by atoms with Gasteiger partial charge < -0.3 is 15.0 Å². The van der Waals surface area contributed by atoms with Crippen LogP contribution in [-0.4, -0.2) is 35.9 Å². The molecular formula is C19H30N2O3. The van der Waals surface area contributed by atoms with Gasteiger partial charge >= 0.3 is 0 Å². The van der Waals surface area contributed by atoms with Crippen LogP contribution in [0.2, 0.25) is 0 Å². The molecule has 2 amide bonds. The van der Waals surface area contributed by atoms with Gasteiger partial charge in [-0.15, -0.1) is 0 Å². The normalized spacial score (nSPS) is 11.9. The number of methoxy groups -OCH3 is 1. The first-order valence-electron chi connectivity index (χ1n) is 8.65. The Kier molecular flexibility index (Phi) is 8.30. The minimum atomic E-state index is -0.450. The molecule has 0 aliphatic heterocycles. The van der Waals surface area contributed by atoms with E-state index >= 15 is 0 Å². The number of nitrogens with zero attached hydrogens (tertiary/aromatic N) is 1. The highest BCUT2D eigenvalue weighted by atomic mass is 16.5. The van der Waals surface area contributed by atoms with E-state index in [1.165, 1.54) is 0 Å². The van der Waals surface area contributed by atoms with Crippen molar-refractivity contribution in [3.05, 3.63) is 29.8 Å².